The Labute approximate surface area is 107 Å². The van der Waals surface area contributed by atoms with Gasteiger partial charge in [-0.15, -0.1) is 0 Å². The molecule has 1 aromatic heterocycles. The van der Waals surface area contributed by atoms with Crippen LogP contribution in [0.15, 0.2) is 17.2 Å². The van der Waals surface area contributed by atoms with Crippen LogP contribution < -0.4 is 15.8 Å². The Morgan fingerprint density at radius 3 is 3.17 bits per heavy atom. The van der Waals surface area contributed by atoms with E-state index in [1.165, 1.54) is 12.8 Å². The van der Waals surface area contributed by atoms with Gasteiger partial charge < -0.3 is 14.8 Å². The van der Waals surface area contributed by atoms with Crippen molar-refractivity contribution in [3.8, 4) is 0 Å². The lowest BCUT2D eigenvalue weighted by Crippen LogP contribution is -2.41. The molecule has 5 nitrogen and oxygen atoms in total. The highest BCUT2D eigenvalue weighted by Crippen LogP contribution is 2.26. The van der Waals surface area contributed by atoms with E-state index >= 15 is 0 Å². The summed E-state index contributed by atoms with van der Waals surface area (Å²) >= 11 is 0. The summed E-state index contributed by atoms with van der Waals surface area (Å²) < 4.78 is 1.72. The first-order chi connectivity index (χ1) is 8.79. The molecule has 0 radical (unpaired) electrons. The van der Waals surface area contributed by atoms with Gasteiger partial charge in [-0.3, -0.25) is 4.79 Å². The number of hydrogen-bond acceptors (Lipinski definition) is 4. The van der Waals surface area contributed by atoms with Crippen LogP contribution >= 0.6 is 0 Å². The third-order valence-corrected chi connectivity index (χ3v) is 4.14. The van der Waals surface area contributed by atoms with Gasteiger partial charge in [-0.1, -0.05) is 0 Å². The summed E-state index contributed by atoms with van der Waals surface area (Å²) in [7, 11) is 0. The van der Waals surface area contributed by atoms with Crippen LogP contribution in [0.4, 0.5) is 5.82 Å². The van der Waals surface area contributed by atoms with Gasteiger partial charge >= 0.3 is 0 Å². The molecule has 3 heterocycles. The molecule has 0 bridgehead atoms. The van der Waals surface area contributed by atoms with Gasteiger partial charge in [-0.25, -0.2) is 4.98 Å². The fourth-order valence-electron chi connectivity index (χ4n) is 3.12. The molecule has 18 heavy (non-hydrogen) atoms. The van der Waals surface area contributed by atoms with E-state index in [1.54, 1.807) is 17.0 Å². The molecular formula is C13H20N4O. The van der Waals surface area contributed by atoms with Gasteiger partial charge in [-0.05, 0) is 32.2 Å². The Kier molecular flexibility index (Phi) is 3.07. The lowest BCUT2D eigenvalue weighted by atomic mass is 9.94. The normalized spacial score (nSPS) is 27.3. The van der Waals surface area contributed by atoms with E-state index in [1.807, 2.05) is 6.92 Å². The summed E-state index contributed by atoms with van der Waals surface area (Å²) in [5, 5.41) is 3.55. The molecule has 0 saturated carbocycles. The van der Waals surface area contributed by atoms with Crippen molar-refractivity contribution < 1.29 is 0 Å². The van der Waals surface area contributed by atoms with Crippen LogP contribution in [0, 0.1) is 5.92 Å². The summed E-state index contributed by atoms with van der Waals surface area (Å²) in [6.45, 7) is 5.68. The van der Waals surface area contributed by atoms with Crippen LogP contribution in [-0.4, -0.2) is 35.2 Å². The Bertz CT molecular complexity index is 470. The first-order valence-electron chi connectivity index (χ1n) is 6.83. The molecule has 1 aromatic rings. The summed E-state index contributed by atoms with van der Waals surface area (Å²) in [4.78, 5) is 18.7. The molecule has 2 saturated heterocycles. The number of nitrogens with one attached hydrogen (secondary N) is 1. The van der Waals surface area contributed by atoms with Crippen LogP contribution in [0.2, 0.25) is 0 Å². The Morgan fingerprint density at radius 1 is 1.50 bits per heavy atom. The average Bonchev–Trinajstić information content (AvgIpc) is 2.82. The lowest BCUT2D eigenvalue weighted by Gasteiger charge is -2.24. The van der Waals surface area contributed by atoms with Crippen molar-refractivity contribution >= 4 is 5.82 Å². The predicted octanol–water partition coefficient (Wildman–Crippen LogP) is 0.451. The second-order valence-electron chi connectivity index (χ2n) is 5.21. The van der Waals surface area contributed by atoms with Crippen molar-refractivity contribution in [3.63, 3.8) is 0 Å². The molecule has 2 fully saturated rings. The van der Waals surface area contributed by atoms with Crippen molar-refractivity contribution in [3.05, 3.63) is 22.7 Å². The molecule has 2 aliphatic heterocycles. The van der Waals surface area contributed by atoms with Gasteiger partial charge in [0, 0.05) is 38.1 Å². The quantitative estimate of drug-likeness (QED) is 0.825. The zero-order valence-corrected chi connectivity index (χ0v) is 10.8. The zero-order valence-electron chi connectivity index (χ0n) is 10.8. The molecule has 0 aromatic carbocycles. The maximum atomic E-state index is 12.2. The molecule has 2 aliphatic rings. The molecule has 0 aliphatic carbocycles. The molecule has 2 atom stereocenters. The van der Waals surface area contributed by atoms with E-state index in [0.717, 1.165) is 19.6 Å². The number of piperidine rings is 1. The second kappa shape index (κ2) is 4.72. The van der Waals surface area contributed by atoms with E-state index in [-0.39, 0.29) is 5.56 Å². The van der Waals surface area contributed by atoms with Gasteiger partial charge in [0.1, 0.15) is 0 Å². The van der Waals surface area contributed by atoms with Crippen LogP contribution in [-0.2, 0) is 6.54 Å². The lowest BCUT2D eigenvalue weighted by molar-refractivity contribution is 0.340. The monoisotopic (exact) mass is 248 g/mol. The highest BCUT2D eigenvalue weighted by Gasteiger charge is 2.35. The number of aryl methyl sites for hydroxylation is 1. The van der Waals surface area contributed by atoms with Crippen LogP contribution in [0.1, 0.15) is 19.8 Å². The molecule has 5 heteroatoms. The molecule has 0 spiro atoms. The minimum atomic E-state index is 0.0404. The fraction of sp³-hybridized carbons (Fsp3) is 0.692. The van der Waals surface area contributed by atoms with Crippen molar-refractivity contribution in [2.75, 3.05) is 24.5 Å². The minimum Gasteiger partial charge on any atom is -0.350 e. The SMILES string of the molecule is CCn1ccnc(N2CC3CCCNC3C2)c1=O. The maximum absolute atomic E-state index is 12.2. The van der Waals surface area contributed by atoms with E-state index in [4.69, 9.17) is 0 Å². The number of hydrogen-bond donors (Lipinski definition) is 1. The van der Waals surface area contributed by atoms with Gasteiger partial charge in [0.05, 0.1) is 0 Å². The summed E-state index contributed by atoms with van der Waals surface area (Å²) in [6, 6.07) is 0.537. The number of rotatable bonds is 2. The standard InChI is InChI=1S/C13H20N4O/c1-2-16-7-6-15-12(13(16)18)17-8-10-4-3-5-14-11(10)9-17/h6-7,10-11,14H,2-5,8-9H2,1H3. The van der Waals surface area contributed by atoms with Crippen molar-refractivity contribution in [2.24, 2.45) is 5.92 Å². The Balaban J connectivity index is 1.86. The van der Waals surface area contributed by atoms with Gasteiger partial charge in [-0.2, -0.15) is 0 Å². The van der Waals surface area contributed by atoms with Crippen molar-refractivity contribution in [2.45, 2.75) is 32.4 Å². The molecule has 98 valence electrons. The largest absolute Gasteiger partial charge is 0.350 e. The number of nitrogens with zero attached hydrogens (tertiary/aromatic N) is 3. The summed E-state index contributed by atoms with van der Waals surface area (Å²) in [5.74, 6) is 1.30. The first-order valence-corrected chi connectivity index (χ1v) is 6.83. The van der Waals surface area contributed by atoms with Gasteiger partial charge in [0.2, 0.25) is 0 Å². The molecule has 3 rings (SSSR count). The fourth-order valence-corrected chi connectivity index (χ4v) is 3.12. The van der Waals surface area contributed by atoms with Gasteiger partial charge in [0.15, 0.2) is 5.82 Å². The Morgan fingerprint density at radius 2 is 2.39 bits per heavy atom. The minimum absolute atomic E-state index is 0.0404. The zero-order chi connectivity index (χ0) is 12.5. The van der Waals surface area contributed by atoms with E-state index in [2.05, 4.69) is 15.2 Å². The number of fused-ring (bicyclic) bond motifs is 1. The molecule has 0 amide bonds. The van der Waals surface area contributed by atoms with Crippen LogP contribution in [0.5, 0.6) is 0 Å². The molecule has 1 N–H and O–H groups in total. The van der Waals surface area contributed by atoms with E-state index in [9.17, 15) is 4.79 Å². The highest BCUT2D eigenvalue weighted by atomic mass is 16.1. The van der Waals surface area contributed by atoms with E-state index < -0.39 is 0 Å². The second-order valence-corrected chi connectivity index (χ2v) is 5.21. The van der Waals surface area contributed by atoms with Crippen LogP contribution in [0.25, 0.3) is 0 Å². The number of aromatic nitrogens is 2. The Hall–Kier alpha value is -1.36. The van der Waals surface area contributed by atoms with Crippen molar-refractivity contribution in [1.29, 1.82) is 0 Å². The van der Waals surface area contributed by atoms with E-state index in [0.29, 0.717) is 24.3 Å². The third-order valence-electron chi connectivity index (χ3n) is 4.14. The number of anilines is 1. The predicted molar refractivity (Wildman–Crippen MR) is 70.9 cm³/mol. The maximum Gasteiger partial charge on any atom is 0.293 e. The molecular weight excluding hydrogens is 228 g/mol. The average molecular weight is 248 g/mol. The smallest absolute Gasteiger partial charge is 0.293 e. The highest BCUT2D eigenvalue weighted by molar-refractivity contribution is 5.38. The summed E-state index contributed by atoms with van der Waals surface area (Å²) in [6.07, 6.45) is 6.00. The van der Waals surface area contributed by atoms with Crippen molar-refractivity contribution in [1.82, 2.24) is 14.9 Å². The van der Waals surface area contributed by atoms with Crippen LogP contribution in [0.3, 0.4) is 0 Å². The van der Waals surface area contributed by atoms with Gasteiger partial charge in [0.25, 0.3) is 5.56 Å². The summed E-state index contributed by atoms with van der Waals surface area (Å²) in [5.41, 5.74) is 0.0404. The third kappa shape index (κ3) is 1.92. The molecule has 2 unspecified atom stereocenters. The first kappa shape index (κ1) is 11.7. The topological polar surface area (TPSA) is 50.2 Å².